The average Bonchev–Trinajstić information content (AvgIpc) is 2.21. The van der Waals surface area contributed by atoms with E-state index in [1.807, 2.05) is 13.8 Å². The number of hydrogen-bond donors (Lipinski definition) is 2. The zero-order valence-electron chi connectivity index (χ0n) is 9.96. The fraction of sp³-hybridized carbons (Fsp3) is 0.333. The first-order valence-corrected chi connectivity index (χ1v) is 6.09. The molecule has 0 unspecified atom stereocenters. The van der Waals surface area contributed by atoms with Crippen LogP contribution in [0.2, 0.25) is 10.0 Å². The molecule has 2 N–H and O–H groups in total. The molecule has 0 aliphatic heterocycles. The third-order valence-electron chi connectivity index (χ3n) is 2.15. The third-order valence-corrected chi connectivity index (χ3v) is 2.74. The van der Waals surface area contributed by atoms with E-state index in [9.17, 15) is 9.59 Å². The van der Waals surface area contributed by atoms with Crippen LogP contribution in [0.1, 0.15) is 30.6 Å². The van der Waals surface area contributed by atoms with E-state index in [1.165, 1.54) is 12.1 Å². The van der Waals surface area contributed by atoms with E-state index in [0.717, 1.165) is 0 Å². The zero-order chi connectivity index (χ0) is 13.9. The molecule has 1 aromatic rings. The first-order valence-electron chi connectivity index (χ1n) is 5.33. The highest BCUT2D eigenvalue weighted by atomic mass is 35.5. The van der Waals surface area contributed by atoms with Crippen molar-refractivity contribution < 1.29 is 14.7 Å². The van der Waals surface area contributed by atoms with Gasteiger partial charge in [0, 0.05) is 6.42 Å². The third kappa shape index (κ3) is 3.89. The molecule has 1 amide bonds. The van der Waals surface area contributed by atoms with Gasteiger partial charge in [-0.25, -0.2) is 4.79 Å². The molecule has 1 aromatic carbocycles. The predicted octanol–water partition coefficient (Wildman–Crippen LogP) is 3.68. The largest absolute Gasteiger partial charge is 0.478 e. The molecule has 0 saturated heterocycles. The van der Waals surface area contributed by atoms with Crippen molar-refractivity contribution in [3.05, 3.63) is 27.7 Å². The van der Waals surface area contributed by atoms with Gasteiger partial charge in [-0.1, -0.05) is 37.0 Å². The number of halogens is 2. The maximum atomic E-state index is 11.6. The van der Waals surface area contributed by atoms with Crippen LogP contribution in [0.25, 0.3) is 0 Å². The van der Waals surface area contributed by atoms with E-state index in [4.69, 9.17) is 28.3 Å². The first-order chi connectivity index (χ1) is 8.31. The summed E-state index contributed by atoms with van der Waals surface area (Å²) >= 11 is 11.8. The molecule has 0 aromatic heterocycles. The lowest BCUT2D eigenvalue weighted by atomic mass is 10.1. The van der Waals surface area contributed by atoms with Gasteiger partial charge < -0.3 is 10.4 Å². The van der Waals surface area contributed by atoms with Gasteiger partial charge in [0.1, 0.15) is 0 Å². The molecular weight excluding hydrogens is 277 g/mol. The Morgan fingerprint density at radius 3 is 2.17 bits per heavy atom. The van der Waals surface area contributed by atoms with Gasteiger partial charge in [-0.05, 0) is 18.1 Å². The lowest BCUT2D eigenvalue weighted by Crippen LogP contribution is -2.14. The fourth-order valence-electron chi connectivity index (χ4n) is 1.38. The van der Waals surface area contributed by atoms with E-state index in [-0.39, 0.29) is 33.1 Å². The normalized spacial score (nSPS) is 10.5. The maximum absolute atomic E-state index is 11.6. The molecule has 0 spiro atoms. The summed E-state index contributed by atoms with van der Waals surface area (Å²) in [5.74, 6) is -1.13. The number of carboxylic acid groups (broad SMARTS) is 1. The lowest BCUT2D eigenvalue weighted by Gasteiger charge is -2.11. The smallest absolute Gasteiger partial charge is 0.335 e. The number of aromatic carboxylic acids is 1. The van der Waals surface area contributed by atoms with Crippen LogP contribution in [-0.4, -0.2) is 17.0 Å². The van der Waals surface area contributed by atoms with E-state index >= 15 is 0 Å². The number of carboxylic acids is 1. The summed E-state index contributed by atoms with van der Waals surface area (Å²) < 4.78 is 0. The number of hydrogen-bond acceptors (Lipinski definition) is 2. The average molecular weight is 290 g/mol. The lowest BCUT2D eigenvalue weighted by molar-refractivity contribution is -0.116. The molecule has 0 aliphatic rings. The second-order valence-corrected chi connectivity index (χ2v) is 5.08. The van der Waals surface area contributed by atoms with E-state index in [2.05, 4.69) is 5.32 Å². The summed E-state index contributed by atoms with van der Waals surface area (Å²) in [5, 5.41) is 11.6. The van der Waals surface area contributed by atoms with Gasteiger partial charge in [0.05, 0.1) is 21.3 Å². The first kappa shape index (κ1) is 14.8. The number of carbonyl (C=O) groups is 2. The number of amides is 1. The summed E-state index contributed by atoms with van der Waals surface area (Å²) in [4.78, 5) is 22.4. The molecule has 98 valence electrons. The molecule has 0 bridgehead atoms. The highest BCUT2D eigenvalue weighted by Crippen LogP contribution is 2.32. The predicted molar refractivity (Wildman–Crippen MR) is 71.5 cm³/mol. The van der Waals surface area contributed by atoms with Gasteiger partial charge in [-0.15, -0.1) is 0 Å². The highest BCUT2D eigenvalue weighted by molar-refractivity contribution is 6.40. The molecule has 1 rings (SSSR count). The molecule has 0 fully saturated rings. The van der Waals surface area contributed by atoms with Gasteiger partial charge >= 0.3 is 5.97 Å². The quantitative estimate of drug-likeness (QED) is 0.889. The maximum Gasteiger partial charge on any atom is 0.335 e. The Kier molecular flexibility index (Phi) is 4.99. The van der Waals surface area contributed by atoms with Crippen molar-refractivity contribution in [3.8, 4) is 0 Å². The zero-order valence-corrected chi connectivity index (χ0v) is 11.5. The Labute approximate surface area is 115 Å². The SMILES string of the molecule is CC(C)CC(=O)Nc1c(Cl)cc(C(=O)O)cc1Cl. The minimum Gasteiger partial charge on any atom is -0.478 e. The Morgan fingerprint density at radius 2 is 1.78 bits per heavy atom. The number of benzene rings is 1. The topological polar surface area (TPSA) is 66.4 Å². The highest BCUT2D eigenvalue weighted by Gasteiger charge is 2.14. The summed E-state index contributed by atoms with van der Waals surface area (Å²) in [7, 11) is 0. The number of carbonyl (C=O) groups excluding carboxylic acids is 1. The fourth-order valence-corrected chi connectivity index (χ4v) is 1.96. The molecule has 6 heteroatoms. The Bertz CT molecular complexity index is 463. The van der Waals surface area contributed by atoms with E-state index < -0.39 is 5.97 Å². The minimum absolute atomic E-state index is 0.0214. The van der Waals surface area contributed by atoms with Crippen LogP contribution in [0.5, 0.6) is 0 Å². The van der Waals surface area contributed by atoms with Crippen molar-refractivity contribution in [1.82, 2.24) is 0 Å². The second-order valence-electron chi connectivity index (χ2n) is 4.27. The molecule has 0 saturated carbocycles. The Hall–Kier alpha value is -1.26. The molecule has 0 atom stereocenters. The summed E-state index contributed by atoms with van der Waals surface area (Å²) in [6, 6.07) is 2.50. The monoisotopic (exact) mass is 289 g/mol. The van der Waals surface area contributed by atoms with Crippen LogP contribution in [0, 0.1) is 5.92 Å². The van der Waals surface area contributed by atoms with E-state index in [1.54, 1.807) is 0 Å². The van der Waals surface area contributed by atoms with Crippen LogP contribution in [-0.2, 0) is 4.79 Å². The van der Waals surface area contributed by atoms with Crippen molar-refractivity contribution in [2.75, 3.05) is 5.32 Å². The molecule has 0 heterocycles. The molecule has 0 radical (unpaired) electrons. The molecule has 4 nitrogen and oxygen atoms in total. The van der Waals surface area contributed by atoms with Crippen LogP contribution in [0.15, 0.2) is 12.1 Å². The Balaban J connectivity index is 2.97. The minimum atomic E-state index is -1.13. The standard InChI is InChI=1S/C12H13Cl2NO3/c1-6(2)3-10(16)15-11-8(13)4-7(12(17)18)5-9(11)14/h4-6H,3H2,1-2H3,(H,15,16)(H,17,18). The summed E-state index contributed by atoms with van der Waals surface area (Å²) in [5.41, 5.74) is 0.223. The van der Waals surface area contributed by atoms with Gasteiger partial charge in [-0.3, -0.25) is 4.79 Å². The van der Waals surface area contributed by atoms with Crippen molar-refractivity contribution in [3.63, 3.8) is 0 Å². The van der Waals surface area contributed by atoms with E-state index in [0.29, 0.717) is 6.42 Å². The van der Waals surface area contributed by atoms with Crippen molar-refractivity contribution >= 4 is 40.8 Å². The van der Waals surface area contributed by atoms with Crippen molar-refractivity contribution in [1.29, 1.82) is 0 Å². The molecule has 18 heavy (non-hydrogen) atoms. The summed E-state index contributed by atoms with van der Waals surface area (Å²) in [6.45, 7) is 3.83. The number of rotatable bonds is 4. The van der Waals surface area contributed by atoms with Crippen LogP contribution >= 0.6 is 23.2 Å². The van der Waals surface area contributed by atoms with Crippen LogP contribution in [0.4, 0.5) is 5.69 Å². The second kappa shape index (κ2) is 6.07. The Morgan fingerprint density at radius 1 is 1.28 bits per heavy atom. The molecular formula is C12H13Cl2NO3. The van der Waals surface area contributed by atoms with Gasteiger partial charge in [0.15, 0.2) is 0 Å². The number of anilines is 1. The van der Waals surface area contributed by atoms with Crippen LogP contribution < -0.4 is 5.32 Å². The van der Waals surface area contributed by atoms with Gasteiger partial charge in [0.2, 0.25) is 5.91 Å². The van der Waals surface area contributed by atoms with Gasteiger partial charge in [0.25, 0.3) is 0 Å². The summed E-state index contributed by atoms with van der Waals surface area (Å²) in [6.07, 6.45) is 0.341. The number of nitrogens with one attached hydrogen (secondary N) is 1. The van der Waals surface area contributed by atoms with Crippen molar-refractivity contribution in [2.45, 2.75) is 20.3 Å². The molecule has 0 aliphatic carbocycles. The van der Waals surface area contributed by atoms with Gasteiger partial charge in [-0.2, -0.15) is 0 Å². The van der Waals surface area contributed by atoms with Crippen LogP contribution in [0.3, 0.4) is 0 Å². The van der Waals surface area contributed by atoms with Crippen molar-refractivity contribution in [2.24, 2.45) is 5.92 Å².